The summed E-state index contributed by atoms with van der Waals surface area (Å²) in [5.41, 5.74) is 0.145. The molecule has 1 amide bonds. The largest absolute Gasteiger partial charge is 0.333 e. The molecule has 2 aliphatic carbocycles. The minimum absolute atomic E-state index is 0.00206. The molecule has 10 nitrogen and oxygen atoms in total. The summed E-state index contributed by atoms with van der Waals surface area (Å²) in [5, 5.41) is 4.33. The number of carbonyl (C=O) groups excluding carboxylic acids is 2. The average molecular weight is 617 g/mol. The zero-order valence-corrected chi connectivity index (χ0v) is 23.3. The molecule has 6 rings (SSSR count). The lowest BCUT2D eigenvalue weighted by Crippen LogP contribution is -2.61. The molecular weight excluding hydrogens is 593 g/mol. The first-order valence-electron chi connectivity index (χ1n) is 12.4. The Hall–Kier alpha value is -2.82. The normalized spacial score (nSPS) is 28.8. The van der Waals surface area contributed by atoms with Gasteiger partial charge >= 0.3 is 0 Å². The van der Waals surface area contributed by atoms with Crippen molar-refractivity contribution < 1.29 is 39.6 Å². The van der Waals surface area contributed by atoms with Crippen LogP contribution in [0.25, 0.3) is 0 Å². The van der Waals surface area contributed by atoms with E-state index < -0.39 is 67.1 Å². The van der Waals surface area contributed by atoms with Crippen LogP contribution in [0, 0.1) is 41.1 Å². The maximum absolute atomic E-state index is 14.0. The number of hydrogen-bond donors (Lipinski definition) is 2. The highest BCUT2D eigenvalue weighted by Gasteiger charge is 2.61. The van der Waals surface area contributed by atoms with Gasteiger partial charge in [-0.1, -0.05) is 0 Å². The molecule has 3 fully saturated rings. The number of likely N-dealkylation sites (tertiary alicyclic amines) is 1. The number of rotatable bonds is 6. The molecule has 40 heavy (non-hydrogen) atoms. The SMILES string of the molecule is CS(=O)(=O)NCc1csc2c1S(=O)(=O)N=C(C1C(=O)[C@@H]3[C@H]4CC[C@H](C4)[C@@H]3N(Cc3cc(F)c(F)c(F)c3)C1=O)N2. The van der Waals surface area contributed by atoms with E-state index in [9.17, 15) is 39.6 Å². The van der Waals surface area contributed by atoms with Gasteiger partial charge in [0.2, 0.25) is 15.9 Å². The second kappa shape index (κ2) is 9.36. The van der Waals surface area contributed by atoms with Gasteiger partial charge in [0.05, 0.1) is 6.26 Å². The molecule has 2 saturated carbocycles. The van der Waals surface area contributed by atoms with E-state index in [1.807, 2.05) is 0 Å². The van der Waals surface area contributed by atoms with Crippen LogP contribution in [-0.2, 0) is 42.7 Å². The minimum Gasteiger partial charge on any atom is -0.333 e. The van der Waals surface area contributed by atoms with E-state index in [-0.39, 0.29) is 51.8 Å². The van der Waals surface area contributed by atoms with Crippen LogP contribution in [0.2, 0.25) is 0 Å². The Labute approximate surface area is 231 Å². The number of benzene rings is 1. The van der Waals surface area contributed by atoms with Gasteiger partial charge in [0.15, 0.2) is 29.2 Å². The Morgan fingerprint density at radius 2 is 1.82 bits per heavy atom. The molecule has 4 aliphatic rings. The second-order valence-electron chi connectivity index (χ2n) is 10.6. The number of thiophene rings is 1. The first-order valence-corrected chi connectivity index (χ1v) is 16.6. The molecule has 1 aromatic heterocycles. The van der Waals surface area contributed by atoms with Gasteiger partial charge in [0, 0.05) is 30.6 Å². The molecule has 1 saturated heterocycles. The highest BCUT2D eigenvalue weighted by atomic mass is 32.2. The molecule has 2 N–H and O–H groups in total. The van der Waals surface area contributed by atoms with Crippen LogP contribution in [0.4, 0.5) is 18.2 Å². The lowest BCUT2D eigenvalue weighted by atomic mass is 9.73. The molecule has 3 heterocycles. The number of anilines is 1. The van der Waals surface area contributed by atoms with Gasteiger partial charge in [-0.15, -0.1) is 15.7 Å². The third-order valence-corrected chi connectivity index (χ3v) is 11.3. The lowest BCUT2D eigenvalue weighted by molar-refractivity contribution is -0.153. The number of nitrogens with one attached hydrogen (secondary N) is 2. The molecule has 2 bridgehead atoms. The molecule has 1 unspecified atom stereocenters. The number of piperidine rings is 1. The minimum atomic E-state index is -4.43. The number of carbonyl (C=O) groups is 2. The number of ketones is 1. The Bertz CT molecular complexity index is 1680. The third-order valence-electron chi connectivity index (χ3n) is 8.11. The van der Waals surface area contributed by atoms with Crippen molar-refractivity contribution in [3.63, 3.8) is 0 Å². The fraction of sp³-hybridized carbons (Fsp3) is 0.458. The summed E-state index contributed by atoms with van der Waals surface area (Å²) >= 11 is 0.954. The van der Waals surface area contributed by atoms with Crippen molar-refractivity contribution in [2.24, 2.45) is 28.1 Å². The van der Waals surface area contributed by atoms with E-state index in [0.29, 0.717) is 6.42 Å². The predicted octanol–water partition coefficient (Wildman–Crippen LogP) is 2.37. The number of amidine groups is 1. The monoisotopic (exact) mass is 616 g/mol. The van der Waals surface area contributed by atoms with Crippen molar-refractivity contribution in [1.82, 2.24) is 9.62 Å². The van der Waals surface area contributed by atoms with Gasteiger partial charge in [-0.05, 0) is 54.2 Å². The van der Waals surface area contributed by atoms with Gasteiger partial charge in [0.25, 0.3) is 10.0 Å². The molecule has 0 spiro atoms. The summed E-state index contributed by atoms with van der Waals surface area (Å²) in [6, 6.07) is 1.06. The lowest BCUT2D eigenvalue weighted by Gasteiger charge is -2.45. The fourth-order valence-corrected chi connectivity index (χ4v) is 9.65. The Morgan fingerprint density at radius 1 is 1.15 bits per heavy atom. The topological polar surface area (TPSA) is 142 Å². The molecule has 2 aromatic rings. The fourth-order valence-electron chi connectivity index (χ4n) is 6.59. The summed E-state index contributed by atoms with van der Waals surface area (Å²) in [7, 11) is -8.05. The summed E-state index contributed by atoms with van der Waals surface area (Å²) < 4.78 is 97.0. The van der Waals surface area contributed by atoms with Crippen LogP contribution in [0.5, 0.6) is 0 Å². The zero-order valence-electron chi connectivity index (χ0n) is 20.9. The maximum Gasteiger partial charge on any atom is 0.287 e. The molecule has 214 valence electrons. The van der Waals surface area contributed by atoms with E-state index in [1.165, 1.54) is 10.3 Å². The van der Waals surface area contributed by atoms with Crippen molar-refractivity contribution >= 4 is 53.9 Å². The Morgan fingerprint density at radius 3 is 2.50 bits per heavy atom. The second-order valence-corrected chi connectivity index (χ2v) is 14.9. The number of halogens is 3. The number of amides is 1. The average Bonchev–Trinajstić information content (AvgIpc) is 3.58. The molecular formula is C24H23F3N4O6S3. The summed E-state index contributed by atoms with van der Waals surface area (Å²) in [4.78, 5) is 28.8. The summed E-state index contributed by atoms with van der Waals surface area (Å²) in [6.45, 7) is -0.601. The molecule has 0 radical (unpaired) electrons. The number of hydrogen-bond acceptors (Lipinski definition) is 8. The van der Waals surface area contributed by atoms with Crippen LogP contribution >= 0.6 is 11.3 Å². The standard InChI is InChI=1S/C24H23F3N4O6S3/c1-39(34,35)28-7-13-9-38-23-21(13)40(36,37)30-22(29-23)17-20(32)16-11-2-3-12(6-11)19(16)31(24(17)33)8-10-4-14(25)18(27)15(26)5-10/h4-5,9,11-12,16-17,19,28H,2-3,6-8H2,1H3,(H,29,30)/t11-,12+,16+,17?,19-/m0/s1. The Kier molecular flexibility index (Phi) is 6.40. The van der Waals surface area contributed by atoms with Gasteiger partial charge in [0.1, 0.15) is 15.7 Å². The van der Waals surface area contributed by atoms with Crippen LogP contribution in [0.1, 0.15) is 30.4 Å². The van der Waals surface area contributed by atoms with Crippen LogP contribution in [0.3, 0.4) is 0 Å². The number of nitrogens with zero attached hydrogens (tertiary/aromatic N) is 2. The van der Waals surface area contributed by atoms with E-state index in [2.05, 4.69) is 14.4 Å². The van der Waals surface area contributed by atoms with Crippen LogP contribution in [-0.4, -0.2) is 51.6 Å². The van der Waals surface area contributed by atoms with E-state index in [1.54, 1.807) is 0 Å². The Balaban J connectivity index is 1.37. The van der Waals surface area contributed by atoms with Crippen molar-refractivity contribution in [1.29, 1.82) is 0 Å². The maximum atomic E-state index is 14.0. The van der Waals surface area contributed by atoms with E-state index in [0.717, 1.165) is 42.6 Å². The van der Waals surface area contributed by atoms with Gasteiger partial charge in [-0.25, -0.2) is 26.3 Å². The predicted molar refractivity (Wildman–Crippen MR) is 138 cm³/mol. The van der Waals surface area contributed by atoms with Crippen molar-refractivity contribution in [2.75, 3.05) is 11.6 Å². The van der Waals surface area contributed by atoms with Gasteiger partial charge in [-0.3, -0.25) is 9.59 Å². The molecule has 5 atom stereocenters. The van der Waals surface area contributed by atoms with Gasteiger partial charge in [-0.2, -0.15) is 8.42 Å². The smallest absolute Gasteiger partial charge is 0.287 e. The van der Waals surface area contributed by atoms with Crippen LogP contribution in [0.15, 0.2) is 26.8 Å². The van der Waals surface area contributed by atoms with Crippen molar-refractivity contribution in [3.05, 3.63) is 46.1 Å². The van der Waals surface area contributed by atoms with E-state index >= 15 is 0 Å². The van der Waals surface area contributed by atoms with Crippen molar-refractivity contribution in [2.45, 2.75) is 43.3 Å². The van der Waals surface area contributed by atoms with Crippen LogP contribution < -0.4 is 10.0 Å². The van der Waals surface area contributed by atoms with Crippen molar-refractivity contribution in [3.8, 4) is 0 Å². The zero-order chi connectivity index (χ0) is 28.7. The highest BCUT2D eigenvalue weighted by Crippen LogP contribution is 2.54. The first kappa shape index (κ1) is 27.4. The molecule has 16 heteroatoms. The number of sulfonamides is 2. The third kappa shape index (κ3) is 4.44. The number of fused-ring (bicyclic) bond motifs is 6. The summed E-state index contributed by atoms with van der Waals surface area (Å²) in [5.74, 6) is -8.30. The van der Waals surface area contributed by atoms with E-state index in [4.69, 9.17) is 0 Å². The summed E-state index contributed by atoms with van der Waals surface area (Å²) in [6.07, 6.45) is 3.15. The molecule has 2 aliphatic heterocycles. The van der Waals surface area contributed by atoms with Gasteiger partial charge < -0.3 is 10.2 Å². The highest BCUT2D eigenvalue weighted by molar-refractivity contribution is 7.91. The molecule has 1 aromatic carbocycles. The number of Topliss-reactive ketones (excluding diaryl/α,β-unsaturated/α-hetero) is 1. The quantitative estimate of drug-likeness (QED) is 0.375. The first-order chi connectivity index (χ1) is 18.7.